The Hall–Kier alpha value is -2.19. The van der Waals surface area contributed by atoms with Crippen LogP contribution in [0.25, 0.3) is 0 Å². The summed E-state index contributed by atoms with van der Waals surface area (Å²) in [6.45, 7) is -0.182. The fourth-order valence-electron chi connectivity index (χ4n) is 4.64. The molecule has 0 atom stereocenters. The number of benzene rings is 1. The quantitative estimate of drug-likeness (QED) is 0.768. The summed E-state index contributed by atoms with van der Waals surface area (Å²) in [5.74, 6) is -0.562. The molecule has 148 valence electrons. The third-order valence-electron chi connectivity index (χ3n) is 6.26. The number of halogens is 2. The Morgan fingerprint density at radius 3 is 2.75 bits per heavy atom. The van der Waals surface area contributed by atoms with Crippen molar-refractivity contribution in [3.8, 4) is 5.75 Å². The van der Waals surface area contributed by atoms with Crippen molar-refractivity contribution in [2.45, 2.75) is 55.2 Å². The van der Waals surface area contributed by atoms with Crippen LogP contribution in [-0.4, -0.2) is 38.2 Å². The molecule has 0 radical (unpaired) electrons. The second-order valence-corrected chi connectivity index (χ2v) is 8.77. The molecule has 2 N–H and O–H groups in total. The van der Waals surface area contributed by atoms with E-state index >= 15 is 0 Å². The van der Waals surface area contributed by atoms with Crippen molar-refractivity contribution in [3.63, 3.8) is 0 Å². The van der Waals surface area contributed by atoms with E-state index in [2.05, 4.69) is 15.5 Å². The van der Waals surface area contributed by atoms with E-state index in [0.717, 1.165) is 37.4 Å². The molecule has 4 aliphatic rings. The highest BCUT2D eigenvalue weighted by Gasteiger charge is 2.70. The molecule has 0 saturated heterocycles. The van der Waals surface area contributed by atoms with Crippen LogP contribution in [0.5, 0.6) is 5.75 Å². The van der Waals surface area contributed by atoms with Gasteiger partial charge in [0.15, 0.2) is 12.3 Å². The molecule has 1 heterocycles. The minimum atomic E-state index is -0.924. The van der Waals surface area contributed by atoms with E-state index in [1.807, 2.05) is 0 Å². The van der Waals surface area contributed by atoms with Gasteiger partial charge in [-0.15, -0.1) is 0 Å². The molecular weight excluding hydrogens is 387 g/mol. The van der Waals surface area contributed by atoms with Gasteiger partial charge in [-0.25, -0.2) is 4.39 Å². The molecule has 2 aromatic rings. The first-order chi connectivity index (χ1) is 13.3. The number of carbonyl (C=O) groups is 1. The van der Waals surface area contributed by atoms with Gasteiger partial charge in [0.25, 0.3) is 5.91 Å². The molecule has 7 nitrogen and oxygen atoms in total. The summed E-state index contributed by atoms with van der Waals surface area (Å²) in [5.41, 5.74) is -0.308. The van der Waals surface area contributed by atoms with Crippen molar-refractivity contribution in [2.75, 3.05) is 6.61 Å². The molecule has 28 heavy (non-hydrogen) atoms. The predicted molar refractivity (Wildman–Crippen MR) is 97.4 cm³/mol. The van der Waals surface area contributed by atoms with Crippen LogP contribution in [0.2, 0.25) is 5.02 Å². The molecule has 1 amide bonds. The summed E-state index contributed by atoms with van der Waals surface area (Å²) in [5, 5.41) is 22.1. The Balaban J connectivity index is 1.14. The second-order valence-electron chi connectivity index (χ2n) is 8.36. The number of ether oxygens (including phenoxy) is 1. The maximum atomic E-state index is 13.4. The van der Waals surface area contributed by atoms with Gasteiger partial charge in [-0.05, 0) is 50.7 Å². The summed E-state index contributed by atoms with van der Waals surface area (Å²) in [6.07, 6.45) is 6.50. The van der Waals surface area contributed by atoms with Crippen molar-refractivity contribution in [2.24, 2.45) is 0 Å². The zero-order valence-electron chi connectivity index (χ0n) is 15.1. The minimum absolute atomic E-state index is 0.0114. The van der Waals surface area contributed by atoms with Crippen LogP contribution in [0.3, 0.4) is 0 Å². The molecule has 1 aromatic heterocycles. The summed E-state index contributed by atoms with van der Waals surface area (Å²) in [7, 11) is 0. The summed E-state index contributed by atoms with van der Waals surface area (Å²) in [4.78, 5) is 13.6. The summed E-state index contributed by atoms with van der Waals surface area (Å²) < 4.78 is 18.7. The number of carbonyl (C=O) groups excluding carboxylic acids is 1. The van der Waals surface area contributed by atoms with Gasteiger partial charge in [0.2, 0.25) is 0 Å². The van der Waals surface area contributed by atoms with Crippen molar-refractivity contribution < 1.29 is 19.0 Å². The molecule has 4 aliphatic carbocycles. The van der Waals surface area contributed by atoms with Gasteiger partial charge in [0.1, 0.15) is 11.6 Å². The largest absolute Gasteiger partial charge is 0.484 e. The third-order valence-corrected chi connectivity index (χ3v) is 6.56. The maximum absolute atomic E-state index is 13.4. The monoisotopic (exact) mass is 406 g/mol. The number of rotatable bonds is 6. The Bertz CT molecular complexity index is 939. The number of aliphatic hydroxyl groups is 1. The molecule has 0 aliphatic heterocycles. The van der Waals surface area contributed by atoms with Gasteiger partial charge >= 0.3 is 0 Å². The Labute approximate surface area is 165 Å². The van der Waals surface area contributed by atoms with Crippen LogP contribution < -0.4 is 10.1 Å². The first-order valence-electron chi connectivity index (χ1n) is 9.36. The van der Waals surface area contributed by atoms with Crippen molar-refractivity contribution in [1.29, 1.82) is 0 Å². The van der Waals surface area contributed by atoms with Gasteiger partial charge in [0.05, 0.1) is 16.9 Å². The van der Waals surface area contributed by atoms with Crippen molar-refractivity contribution >= 4 is 17.5 Å². The Morgan fingerprint density at radius 2 is 2.11 bits per heavy atom. The number of nitrogens with one attached hydrogen (secondary N) is 1. The fourth-order valence-corrected chi connectivity index (χ4v) is 4.76. The Kier molecular flexibility index (Phi) is 3.77. The molecule has 2 bridgehead atoms. The molecule has 9 heteroatoms. The molecule has 0 unspecified atom stereocenters. The number of amides is 1. The van der Waals surface area contributed by atoms with Crippen LogP contribution in [0.1, 0.15) is 44.2 Å². The average molecular weight is 407 g/mol. The number of nitrogens with zero attached hydrogens (tertiary/aromatic N) is 3. The lowest BCUT2D eigenvalue weighted by molar-refractivity contribution is -0.141. The molecular formula is C19H20ClFN4O3. The molecule has 4 saturated carbocycles. The van der Waals surface area contributed by atoms with Crippen molar-refractivity contribution in [3.05, 3.63) is 40.9 Å². The van der Waals surface area contributed by atoms with Gasteiger partial charge in [-0.1, -0.05) is 11.6 Å². The molecule has 0 spiro atoms. The number of hydrogen-bond donors (Lipinski definition) is 2. The Morgan fingerprint density at radius 1 is 1.36 bits per heavy atom. The standard InChI is InChI=1S/C19H20ClFN4O3/c20-13-3-2-12(6-14(13)21)28-8-16(26)23-18-9-17(10-18,11-18)15-7-22-25(24-15)19(27)4-1-5-19/h2-3,6-7,27H,1,4-5,8-11H2,(H,23,26). The lowest BCUT2D eigenvalue weighted by Gasteiger charge is -2.69. The van der Waals surface area contributed by atoms with E-state index in [9.17, 15) is 14.3 Å². The van der Waals surface area contributed by atoms with Crippen LogP contribution in [0.4, 0.5) is 4.39 Å². The normalized spacial score (nSPS) is 29.2. The van der Waals surface area contributed by atoms with Gasteiger partial charge in [-0.3, -0.25) is 4.79 Å². The molecule has 1 aromatic carbocycles. The highest BCUT2D eigenvalue weighted by atomic mass is 35.5. The van der Waals surface area contributed by atoms with Gasteiger partial charge < -0.3 is 15.2 Å². The van der Waals surface area contributed by atoms with Gasteiger partial charge in [0, 0.05) is 17.0 Å². The first kappa shape index (κ1) is 17.9. The zero-order chi connectivity index (χ0) is 19.6. The SMILES string of the molecule is O=C(COc1ccc(Cl)c(F)c1)NC12CC(c3cnn(C4(O)CCC4)n3)(C1)C2. The van der Waals surface area contributed by atoms with Crippen LogP contribution >= 0.6 is 11.6 Å². The van der Waals surface area contributed by atoms with Crippen molar-refractivity contribution in [1.82, 2.24) is 20.3 Å². The van der Waals surface area contributed by atoms with Crippen LogP contribution in [0, 0.1) is 5.82 Å². The second kappa shape index (κ2) is 5.90. The average Bonchev–Trinajstić information content (AvgIpc) is 3.05. The first-order valence-corrected chi connectivity index (χ1v) is 9.74. The van der Waals surface area contributed by atoms with E-state index in [0.29, 0.717) is 12.8 Å². The van der Waals surface area contributed by atoms with E-state index in [4.69, 9.17) is 16.3 Å². The lowest BCUT2D eigenvalue weighted by atomic mass is 9.38. The highest BCUT2D eigenvalue weighted by Crippen LogP contribution is 2.67. The van der Waals surface area contributed by atoms with Crippen LogP contribution in [-0.2, 0) is 15.9 Å². The minimum Gasteiger partial charge on any atom is -0.484 e. The lowest BCUT2D eigenvalue weighted by Crippen LogP contribution is -2.77. The topological polar surface area (TPSA) is 89.3 Å². The number of aromatic nitrogens is 3. The zero-order valence-corrected chi connectivity index (χ0v) is 15.9. The predicted octanol–water partition coefficient (Wildman–Crippen LogP) is 2.27. The molecule has 6 rings (SSSR count). The van der Waals surface area contributed by atoms with Gasteiger partial charge in [-0.2, -0.15) is 15.0 Å². The summed E-state index contributed by atoms with van der Waals surface area (Å²) >= 11 is 5.63. The smallest absolute Gasteiger partial charge is 0.258 e. The fraction of sp³-hybridized carbons (Fsp3) is 0.526. The highest BCUT2D eigenvalue weighted by molar-refractivity contribution is 6.30. The van der Waals surface area contributed by atoms with Crippen LogP contribution in [0.15, 0.2) is 24.4 Å². The van der Waals surface area contributed by atoms with E-state index in [-0.39, 0.29) is 34.2 Å². The number of hydrogen-bond acceptors (Lipinski definition) is 5. The third kappa shape index (κ3) is 2.69. The van der Waals surface area contributed by atoms with E-state index in [1.54, 1.807) is 6.20 Å². The maximum Gasteiger partial charge on any atom is 0.258 e. The molecule has 4 fully saturated rings. The summed E-state index contributed by atoms with van der Waals surface area (Å²) in [6, 6.07) is 4.07. The van der Waals surface area contributed by atoms with E-state index < -0.39 is 11.5 Å². The van der Waals surface area contributed by atoms with E-state index in [1.165, 1.54) is 16.9 Å².